The van der Waals surface area contributed by atoms with Gasteiger partial charge < -0.3 is 9.30 Å². The minimum atomic E-state index is 0. The zero-order valence-electron chi connectivity index (χ0n) is 28.9. The molecule has 4 aromatic carbocycles. The molecule has 0 saturated heterocycles. The van der Waals surface area contributed by atoms with E-state index in [9.17, 15) is 0 Å². The van der Waals surface area contributed by atoms with Gasteiger partial charge in [0.25, 0.3) is 0 Å². The van der Waals surface area contributed by atoms with Crippen LogP contribution >= 0.6 is 0 Å². The molecule has 0 amide bonds. The van der Waals surface area contributed by atoms with Crippen molar-refractivity contribution < 1.29 is 25.8 Å². The van der Waals surface area contributed by atoms with E-state index in [0.717, 1.165) is 71.1 Å². The monoisotopic (exact) mass is 825 g/mol. The first-order valence-corrected chi connectivity index (χ1v) is 17.3. The number of pyridine rings is 1. The van der Waals surface area contributed by atoms with Gasteiger partial charge >= 0.3 is 21.1 Å². The van der Waals surface area contributed by atoms with Crippen LogP contribution in [-0.4, -0.2) is 19.3 Å². The van der Waals surface area contributed by atoms with Crippen molar-refractivity contribution in [3.05, 3.63) is 132 Å². The Morgan fingerprint density at radius 1 is 0.776 bits per heavy atom. The normalized spacial score (nSPS) is 11.4. The van der Waals surface area contributed by atoms with Crippen molar-refractivity contribution >= 4 is 21.8 Å². The number of nitrogens with zero attached hydrogens (tertiary/aromatic N) is 4. The Morgan fingerprint density at radius 3 is 2.31 bits per heavy atom. The summed E-state index contributed by atoms with van der Waals surface area (Å²) in [5.41, 5.74) is 10.3. The Bertz CT molecular complexity index is 2210. The van der Waals surface area contributed by atoms with Gasteiger partial charge in [-0.3, -0.25) is 4.68 Å². The molecule has 0 aliphatic carbocycles. The number of unbranched alkanes of at least 4 members (excludes halogenated alkanes) is 1. The maximum Gasteiger partial charge on any atom is 2.00 e. The largest absolute Gasteiger partial charge is 2.00 e. The third-order valence-electron chi connectivity index (χ3n) is 9.18. The average Bonchev–Trinajstić information content (AvgIpc) is 3.67. The van der Waals surface area contributed by atoms with Crippen molar-refractivity contribution in [2.24, 2.45) is 0 Å². The number of hydrogen-bond donors (Lipinski definition) is 0. The van der Waals surface area contributed by atoms with E-state index in [1.807, 2.05) is 24.4 Å². The molecule has 3 aromatic heterocycles. The van der Waals surface area contributed by atoms with Crippen molar-refractivity contribution in [1.82, 2.24) is 19.3 Å². The standard InChI is InChI=1S/C43H42N4O.Pt/c1-6-9-16-39-42(32-20-18-30(7-2)19-21-32)43(29(4)5)45-47(39)33-13-12-14-34(27-33)48-35-22-23-37-36-15-10-11-17-38(36)46(40(37)28-35)41-26-31(8-3)24-25-44-41;/h10-15,17-26,29H,6-9,16H2,1-5H3;/q-2;+2. The van der Waals surface area contributed by atoms with E-state index < -0.39 is 0 Å². The van der Waals surface area contributed by atoms with E-state index in [1.54, 1.807) is 0 Å². The fraction of sp³-hybridized carbons (Fsp3) is 0.256. The van der Waals surface area contributed by atoms with Crippen molar-refractivity contribution in [3.8, 4) is 34.1 Å². The minimum absolute atomic E-state index is 0. The van der Waals surface area contributed by atoms with Gasteiger partial charge in [-0.1, -0.05) is 89.0 Å². The number of hydrogen-bond acceptors (Lipinski definition) is 3. The summed E-state index contributed by atoms with van der Waals surface area (Å²) in [6.07, 6.45) is 6.97. The maximum atomic E-state index is 6.51. The van der Waals surface area contributed by atoms with Crippen molar-refractivity contribution in [1.29, 1.82) is 0 Å². The van der Waals surface area contributed by atoms with Gasteiger partial charge in [-0.25, -0.2) is 4.98 Å². The van der Waals surface area contributed by atoms with E-state index in [0.29, 0.717) is 11.5 Å². The van der Waals surface area contributed by atoms with E-state index >= 15 is 0 Å². The number of aryl methyl sites for hydroxylation is 2. The third-order valence-corrected chi connectivity index (χ3v) is 9.18. The molecule has 7 rings (SSSR count). The first-order chi connectivity index (χ1) is 23.5. The molecule has 5 nitrogen and oxygen atoms in total. The Labute approximate surface area is 304 Å². The summed E-state index contributed by atoms with van der Waals surface area (Å²) in [5.74, 6) is 2.39. The van der Waals surface area contributed by atoms with E-state index in [-0.39, 0.29) is 27.0 Å². The van der Waals surface area contributed by atoms with Gasteiger partial charge in [-0.05, 0) is 77.6 Å². The van der Waals surface area contributed by atoms with Gasteiger partial charge in [-0.15, -0.1) is 35.7 Å². The molecular formula is C43H42N4OPt. The van der Waals surface area contributed by atoms with Crippen LogP contribution < -0.4 is 4.74 Å². The average molecular weight is 826 g/mol. The molecule has 7 aromatic rings. The van der Waals surface area contributed by atoms with Crippen LogP contribution in [0, 0.1) is 12.1 Å². The molecule has 0 N–H and O–H groups in total. The van der Waals surface area contributed by atoms with Crippen LogP contribution in [0.3, 0.4) is 0 Å². The topological polar surface area (TPSA) is 44.9 Å². The number of ether oxygens (including phenoxy) is 1. The quantitative estimate of drug-likeness (QED) is 0.122. The molecule has 0 fully saturated rings. The smallest absolute Gasteiger partial charge is 0.509 e. The maximum absolute atomic E-state index is 6.51. The van der Waals surface area contributed by atoms with Crippen LogP contribution in [-0.2, 0) is 40.3 Å². The van der Waals surface area contributed by atoms with Gasteiger partial charge in [0.2, 0.25) is 0 Å². The first-order valence-electron chi connectivity index (χ1n) is 17.3. The van der Waals surface area contributed by atoms with Crippen LogP contribution in [0.2, 0.25) is 0 Å². The molecule has 0 saturated carbocycles. The summed E-state index contributed by atoms with van der Waals surface area (Å²) in [6, 6.07) is 38.9. The fourth-order valence-corrected chi connectivity index (χ4v) is 6.58. The van der Waals surface area contributed by atoms with Gasteiger partial charge in [-0.2, -0.15) is 17.2 Å². The number of rotatable bonds is 11. The molecular weight excluding hydrogens is 784 g/mol. The summed E-state index contributed by atoms with van der Waals surface area (Å²) in [6.45, 7) is 11.1. The van der Waals surface area contributed by atoms with Gasteiger partial charge in [0, 0.05) is 34.5 Å². The SMILES string of the molecule is CCCCc1c(-c2ccc(CC)cc2)c(C(C)C)nn1-c1[c-]c(Oc2[c-]c3c(cc2)c2ccccc2n3-c2cc(CC)ccn2)ccc1.[Pt+2]. The molecule has 0 unspecified atom stereocenters. The van der Waals surface area contributed by atoms with Crippen molar-refractivity contribution in [2.45, 2.75) is 72.6 Å². The summed E-state index contributed by atoms with van der Waals surface area (Å²) in [5, 5.41) is 7.50. The molecule has 250 valence electrons. The molecule has 0 aliphatic rings. The molecule has 0 radical (unpaired) electrons. The van der Waals surface area contributed by atoms with Gasteiger partial charge in [0.05, 0.1) is 5.69 Å². The molecule has 0 aliphatic heterocycles. The number of benzene rings is 4. The number of para-hydroxylation sites is 1. The molecule has 0 bridgehead atoms. The van der Waals surface area contributed by atoms with Crippen LogP contribution in [0.5, 0.6) is 11.5 Å². The van der Waals surface area contributed by atoms with Crippen LogP contribution in [0.15, 0.2) is 97.2 Å². The summed E-state index contributed by atoms with van der Waals surface area (Å²) >= 11 is 0. The molecule has 49 heavy (non-hydrogen) atoms. The Kier molecular flexibility index (Phi) is 10.5. The summed E-state index contributed by atoms with van der Waals surface area (Å²) in [7, 11) is 0. The predicted molar refractivity (Wildman–Crippen MR) is 197 cm³/mol. The number of fused-ring (bicyclic) bond motifs is 3. The molecule has 0 spiro atoms. The number of aromatic nitrogens is 4. The zero-order valence-corrected chi connectivity index (χ0v) is 31.1. The molecule has 6 heteroatoms. The van der Waals surface area contributed by atoms with Crippen molar-refractivity contribution in [2.75, 3.05) is 0 Å². The zero-order chi connectivity index (χ0) is 33.2. The van der Waals surface area contributed by atoms with E-state index in [4.69, 9.17) is 14.8 Å². The minimum Gasteiger partial charge on any atom is -0.509 e. The molecule has 0 atom stereocenters. The Balaban J connectivity index is 0.00000417. The Morgan fingerprint density at radius 2 is 1.55 bits per heavy atom. The van der Waals surface area contributed by atoms with Gasteiger partial charge in [0.15, 0.2) is 0 Å². The van der Waals surface area contributed by atoms with E-state index in [2.05, 4.69) is 129 Å². The summed E-state index contributed by atoms with van der Waals surface area (Å²) < 4.78 is 10.8. The fourth-order valence-electron chi connectivity index (χ4n) is 6.58. The second-order valence-corrected chi connectivity index (χ2v) is 12.7. The van der Waals surface area contributed by atoms with Crippen LogP contribution in [0.1, 0.15) is 75.9 Å². The predicted octanol–water partition coefficient (Wildman–Crippen LogP) is 11.0. The van der Waals surface area contributed by atoms with E-state index in [1.165, 1.54) is 27.9 Å². The first kappa shape index (κ1) is 34.4. The Hall–Kier alpha value is -4.47. The van der Waals surface area contributed by atoms with Crippen LogP contribution in [0.4, 0.5) is 0 Å². The van der Waals surface area contributed by atoms with Crippen molar-refractivity contribution in [3.63, 3.8) is 0 Å². The second-order valence-electron chi connectivity index (χ2n) is 12.7. The molecule has 3 heterocycles. The van der Waals surface area contributed by atoms with Gasteiger partial charge in [0.1, 0.15) is 5.82 Å². The summed E-state index contributed by atoms with van der Waals surface area (Å²) in [4.78, 5) is 4.76. The van der Waals surface area contributed by atoms with Crippen LogP contribution in [0.25, 0.3) is 44.4 Å². The second kappa shape index (κ2) is 15.0. The third kappa shape index (κ3) is 6.74.